The van der Waals surface area contributed by atoms with E-state index in [4.69, 9.17) is 4.98 Å². The molecule has 1 saturated heterocycles. The molecule has 1 aliphatic heterocycles. The van der Waals surface area contributed by atoms with Gasteiger partial charge in [-0.3, -0.25) is 9.69 Å². The summed E-state index contributed by atoms with van der Waals surface area (Å²) in [5, 5.41) is 0.702. The molecule has 2 unspecified atom stereocenters. The zero-order valence-corrected chi connectivity index (χ0v) is 16.3. The van der Waals surface area contributed by atoms with Crippen molar-refractivity contribution in [2.24, 2.45) is 11.8 Å². The Morgan fingerprint density at radius 3 is 2.78 bits per heavy atom. The van der Waals surface area contributed by atoms with Gasteiger partial charge in [-0.15, -0.1) is 11.3 Å². The minimum atomic E-state index is -0.0130. The Morgan fingerprint density at radius 1 is 1.11 bits per heavy atom. The molecule has 1 N–H and O–H groups in total. The molecule has 1 saturated carbocycles. The van der Waals surface area contributed by atoms with Crippen molar-refractivity contribution in [3.63, 3.8) is 0 Å². The third kappa shape index (κ3) is 3.46. The predicted octanol–water partition coefficient (Wildman–Crippen LogP) is 4.66. The summed E-state index contributed by atoms with van der Waals surface area (Å²) in [6.07, 6.45) is 6.88. The summed E-state index contributed by atoms with van der Waals surface area (Å²) in [6.45, 7) is 3.04. The van der Waals surface area contributed by atoms with Crippen LogP contribution in [-0.4, -0.2) is 28.0 Å². The Hall–Kier alpha value is -1.98. The Bertz CT molecular complexity index is 994. The van der Waals surface area contributed by atoms with Crippen LogP contribution in [0.15, 0.2) is 41.2 Å². The van der Waals surface area contributed by atoms with E-state index in [2.05, 4.69) is 22.0 Å². The molecule has 5 heteroatoms. The second kappa shape index (κ2) is 7.21. The fourth-order valence-corrected chi connectivity index (χ4v) is 5.88. The maximum atomic E-state index is 12.6. The fraction of sp³-hybridized carbons (Fsp3) is 0.455. The summed E-state index contributed by atoms with van der Waals surface area (Å²) in [5.74, 6) is 2.58. The first-order valence-corrected chi connectivity index (χ1v) is 10.9. The molecular weight excluding hydrogens is 354 g/mol. The van der Waals surface area contributed by atoms with E-state index >= 15 is 0 Å². The molecule has 0 bridgehead atoms. The SMILES string of the molecule is O=c1[nH]c(CN2CCC3CCCCC3C2)nc2sc(-c3ccccc3)cc12. The third-order valence-electron chi connectivity index (χ3n) is 6.26. The zero-order chi connectivity index (χ0) is 18.2. The summed E-state index contributed by atoms with van der Waals surface area (Å²) >= 11 is 1.61. The van der Waals surface area contributed by atoms with Crippen molar-refractivity contribution in [3.8, 4) is 10.4 Å². The van der Waals surface area contributed by atoms with Crippen LogP contribution in [0.5, 0.6) is 0 Å². The van der Waals surface area contributed by atoms with Crippen LogP contribution >= 0.6 is 11.3 Å². The first-order chi connectivity index (χ1) is 13.3. The minimum Gasteiger partial charge on any atom is -0.309 e. The van der Waals surface area contributed by atoms with Crippen molar-refractivity contribution in [3.05, 3.63) is 52.6 Å². The summed E-state index contributed by atoms with van der Waals surface area (Å²) in [6, 6.07) is 12.2. The van der Waals surface area contributed by atoms with Gasteiger partial charge in [-0.2, -0.15) is 0 Å². The van der Waals surface area contributed by atoms with Crippen molar-refractivity contribution in [1.29, 1.82) is 0 Å². The second-order valence-corrected chi connectivity index (χ2v) is 9.07. The lowest BCUT2D eigenvalue weighted by Crippen LogP contribution is -2.41. The number of piperidine rings is 1. The molecule has 0 radical (unpaired) electrons. The molecular formula is C22H25N3OS. The number of benzene rings is 1. The van der Waals surface area contributed by atoms with Gasteiger partial charge in [-0.1, -0.05) is 49.6 Å². The molecule has 4 nitrogen and oxygen atoms in total. The number of H-pyrrole nitrogens is 1. The van der Waals surface area contributed by atoms with Gasteiger partial charge in [0.1, 0.15) is 10.7 Å². The van der Waals surface area contributed by atoms with Crippen LogP contribution in [0.1, 0.15) is 37.9 Å². The van der Waals surface area contributed by atoms with E-state index in [0.29, 0.717) is 5.39 Å². The summed E-state index contributed by atoms with van der Waals surface area (Å²) in [7, 11) is 0. The Kier molecular flexibility index (Phi) is 4.58. The first-order valence-electron chi connectivity index (χ1n) is 10.1. The first kappa shape index (κ1) is 17.1. The van der Waals surface area contributed by atoms with E-state index in [0.717, 1.165) is 52.6 Å². The molecule has 2 fully saturated rings. The van der Waals surface area contributed by atoms with E-state index in [9.17, 15) is 4.79 Å². The Balaban J connectivity index is 1.39. The van der Waals surface area contributed by atoms with Gasteiger partial charge in [0, 0.05) is 11.4 Å². The van der Waals surface area contributed by atoms with Crippen molar-refractivity contribution in [1.82, 2.24) is 14.9 Å². The lowest BCUT2D eigenvalue weighted by Gasteiger charge is -2.41. The average Bonchev–Trinajstić information content (AvgIpc) is 3.13. The molecule has 140 valence electrons. The highest BCUT2D eigenvalue weighted by molar-refractivity contribution is 7.21. The molecule has 27 heavy (non-hydrogen) atoms. The van der Waals surface area contributed by atoms with Crippen LogP contribution in [0.25, 0.3) is 20.7 Å². The van der Waals surface area contributed by atoms with Gasteiger partial charge in [-0.05, 0) is 42.9 Å². The van der Waals surface area contributed by atoms with Gasteiger partial charge in [0.15, 0.2) is 0 Å². The highest BCUT2D eigenvalue weighted by Gasteiger charge is 2.31. The lowest BCUT2D eigenvalue weighted by atomic mass is 9.75. The van der Waals surface area contributed by atoms with Gasteiger partial charge in [0.05, 0.1) is 11.9 Å². The number of fused-ring (bicyclic) bond motifs is 2. The minimum absolute atomic E-state index is 0.0130. The highest BCUT2D eigenvalue weighted by atomic mass is 32.1. The maximum Gasteiger partial charge on any atom is 0.259 e. The maximum absolute atomic E-state index is 12.6. The number of likely N-dealkylation sites (tertiary alicyclic amines) is 1. The van der Waals surface area contributed by atoms with Crippen LogP contribution < -0.4 is 5.56 Å². The molecule has 2 atom stereocenters. The van der Waals surface area contributed by atoms with E-state index in [1.165, 1.54) is 32.1 Å². The van der Waals surface area contributed by atoms with Crippen molar-refractivity contribution >= 4 is 21.6 Å². The number of nitrogens with one attached hydrogen (secondary N) is 1. The van der Waals surface area contributed by atoms with Crippen LogP contribution in [0, 0.1) is 11.8 Å². The van der Waals surface area contributed by atoms with E-state index in [1.54, 1.807) is 11.3 Å². The number of aromatic nitrogens is 2. The Morgan fingerprint density at radius 2 is 1.93 bits per heavy atom. The fourth-order valence-electron chi connectivity index (χ4n) is 4.83. The standard InChI is InChI=1S/C22H25N3OS/c26-21-18-12-19(16-7-2-1-3-8-16)27-22(18)24-20(23-21)14-25-11-10-15-6-4-5-9-17(15)13-25/h1-3,7-8,12,15,17H,4-6,9-11,13-14H2,(H,23,24,26). The van der Waals surface area contributed by atoms with Crippen LogP contribution in [0.2, 0.25) is 0 Å². The summed E-state index contributed by atoms with van der Waals surface area (Å²) in [5.41, 5.74) is 1.13. The van der Waals surface area contributed by atoms with E-state index < -0.39 is 0 Å². The normalized spacial score (nSPS) is 23.4. The number of hydrogen-bond acceptors (Lipinski definition) is 4. The Labute approximate surface area is 163 Å². The number of aromatic amines is 1. The molecule has 0 spiro atoms. The average molecular weight is 380 g/mol. The molecule has 3 heterocycles. The molecule has 2 aromatic heterocycles. The van der Waals surface area contributed by atoms with Crippen LogP contribution in [0.4, 0.5) is 0 Å². The molecule has 5 rings (SSSR count). The summed E-state index contributed by atoms with van der Waals surface area (Å²) < 4.78 is 0. The zero-order valence-electron chi connectivity index (χ0n) is 15.5. The molecule has 1 aromatic carbocycles. The van der Waals surface area contributed by atoms with Crippen LogP contribution in [0.3, 0.4) is 0 Å². The van der Waals surface area contributed by atoms with Gasteiger partial charge < -0.3 is 4.98 Å². The highest BCUT2D eigenvalue weighted by Crippen LogP contribution is 2.36. The molecule has 1 aliphatic carbocycles. The van der Waals surface area contributed by atoms with E-state index in [1.807, 2.05) is 24.3 Å². The monoisotopic (exact) mass is 379 g/mol. The predicted molar refractivity (Wildman–Crippen MR) is 111 cm³/mol. The molecule has 2 aliphatic rings. The molecule has 0 amide bonds. The summed E-state index contributed by atoms with van der Waals surface area (Å²) in [4.78, 5) is 24.9. The number of rotatable bonds is 3. The molecule has 3 aromatic rings. The van der Waals surface area contributed by atoms with Gasteiger partial charge >= 0.3 is 0 Å². The van der Waals surface area contributed by atoms with Crippen LogP contribution in [-0.2, 0) is 6.54 Å². The van der Waals surface area contributed by atoms with Gasteiger partial charge in [-0.25, -0.2) is 4.98 Å². The lowest BCUT2D eigenvalue weighted by molar-refractivity contribution is 0.0803. The van der Waals surface area contributed by atoms with Crippen molar-refractivity contribution in [2.45, 2.75) is 38.6 Å². The second-order valence-electron chi connectivity index (χ2n) is 8.04. The quantitative estimate of drug-likeness (QED) is 0.720. The van der Waals surface area contributed by atoms with Crippen molar-refractivity contribution in [2.75, 3.05) is 13.1 Å². The largest absolute Gasteiger partial charge is 0.309 e. The number of nitrogens with zero attached hydrogens (tertiary/aromatic N) is 2. The van der Waals surface area contributed by atoms with Gasteiger partial charge in [0.2, 0.25) is 0 Å². The topological polar surface area (TPSA) is 49.0 Å². The van der Waals surface area contributed by atoms with Gasteiger partial charge in [0.25, 0.3) is 5.56 Å². The smallest absolute Gasteiger partial charge is 0.259 e. The van der Waals surface area contributed by atoms with Crippen molar-refractivity contribution < 1.29 is 0 Å². The number of thiophene rings is 1. The third-order valence-corrected chi connectivity index (χ3v) is 7.34. The van der Waals surface area contributed by atoms with E-state index in [-0.39, 0.29) is 5.56 Å². The number of hydrogen-bond donors (Lipinski definition) is 1.